The van der Waals surface area contributed by atoms with Crippen LogP contribution in [0.4, 0.5) is 0 Å². The Morgan fingerprint density at radius 1 is 1.38 bits per heavy atom. The molecule has 0 heterocycles. The summed E-state index contributed by atoms with van der Waals surface area (Å²) in [5.74, 6) is -0.108. The second-order valence-corrected chi connectivity index (χ2v) is 5.12. The molecule has 1 rings (SSSR count). The average molecular weight is 352 g/mol. The lowest BCUT2D eigenvalue weighted by atomic mass is 10.1. The Bertz CT molecular complexity index is 351. The molecule has 0 fully saturated rings. The highest BCUT2D eigenvalue weighted by Crippen LogP contribution is 2.32. The van der Waals surface area contributed by atoms with Crippen LogP contribution >= 0.6 is 31.9 Å². The largest absolute Gasteiger partial charge is 0.508 e. The van der Waals surface area contributed by atoms with Gasteiger partial charge in [-0.15, -0.1) is 0 Å². The molecule has 1 aromatic rings. The lowest BCUT2D eigenvalue weighted by Crippen LogP contribution is -2.21. The van der Waals surface area contributed by atoms with Crippen molar-refractivity contribution in [2.45, 2.75) is 16.6 Å². The van der Waals surface area contributed by atoms with Gasteiger partial charge in [0, 0.05) is 0 Å². The monoisotopic (exact) mass is 350 g/mol. The molecule has 88 valence electrons. The second kappa shape index (κ2) is 6.25. The van der Waals surface area contributed by atoms with Crippen LogP contribution in [0.2, 0.25) is 0 Å². The molecule has 0 aliphatic rings. The zero-order valence-electron chi connectivity index (χ0n) is 8.69. The van der Waals surface area contributed by atoms with E-state index < -0.39 is 4.83 Å². The van der Waals surface area contributed by atoms with Gasteiger partial charge in [0.1, 0.15) is 10.6 Å². The van der Waals surface area contributed by atoms with Crippen LogP contribution in [-0.2, 0) is 9.53 Å². The summed E-state index contributed by atoms with van der Waals surface area (Å²) >= 11 is 6.70. The molecule has 2 unspecified atom stereocenters. The van der Waals surface area contributed by atoms with Crippen molar-refractivity contribution >= 4 is 37.8 Å². The molecule has 0 radical (unpaired) electrons. The van der Waals surface area contributed by atoms with Gasteiger partial charge in [0.15, 0.2) is 0 Å². The standard InChI is InChI=1S/C11H12Br2O3/c1-2-16-11(15)10(13)9(12)7-3-5-8(14)6-4-7/h3-6,9-10,14H,2H2,1H3. The van der Waals surface area contributed by atoms with Crippen molar-refractivity contribution in [3.8, 4) is 5.75 Å². The summed E-state index contributed by atoms with van der Waals surface area (Å²) in [6.07, 6.45) is 0. The van der Waals surface area contributed by atoms with Crippen molar-refractivity contribution in [1.29, 1.82) is 0 Å². The van der Waals surface area contributed by atoms with E-state index in [1.54, 1.807) is 31.2 Å². The predicted octanol–water partition coefficient (Wildman–Crippen LogP) is 3.15. The maximum absolute atomic E-state index is 11.5. The lowest BCUT2D eigenvalue weighted by Gasteiger charge is -2.15. The van der Waals surface area contributed by atoms with Gasteiger partial charge >= 0.3 is 5.97 Å². The molecule has 0 aromatic heterocycles. The molecule has 0 saturated carbocycles. The molecule has 0 amide bonds. The van der Waals surface area contributed by atoms with Gasteiger partial charge in [-0.1, -0.05) is 44.0 Å². The third-order valence-corrected chi connectivity index (χ3v) is 4.65. The molecule has 0 spiro atoms. The minimum atomic E-state index is -0.447. The Labute approximate surface area is 111 Å². The number of phenolic OH excluding ortho intramolecular Hbond substituents is 1. The Kier molecular flexibility index (Phi) is 5.28. The minimum absolute atomic E-state index is 0.188. The number of hydrogen-bond acceptors (Lipinski definition) is 3. The molecule has 0 aliphatic carbocycles. The van der Waals surface area contributed by atoms with Crippen LogP contribution in [0.1, 0.15) is 17.3 Å². The number of rotatable bonds is 4. The number of carbonyl (C=O) groups excluding carboxylic acids is 1. The molecule has 1 aromatic carbocycles. The molecule has 0 aliphatic heterocycles. The molecular weight excluding hydrogens is 340 g/mol. The molecule has 0 saturated heterocycles. The summed E-state index contributed by atoms with van der Waals surface area (Å²) < 4.78 is 4.90. The molecule has 1 N–H and O–H groups in total. The van der Waals surface area contributed by atoms with E-state index in [-0.39, 0.29) is 16.5 Å². The topological polar surface area (TPSA) is 46.5 Å². The summed E-state index contributed by atoms with van der Waals surface area (Å²) in [5.41, 5.74) is 0.896. The van der Waals surface area contributed by atoms with E-state index in [2.05, 4.69) is 31.9 Å². The van der Waals surface area contributed by atoms with E-state index in [9.17, 15) is 4.79 Å². The van der Waals surface area contributed by atoms with Gasteiger partial charge in [-0.2, -0.15) is 0 Å². The summed E-state index contributed by atoms with van der Waals surface area (Å²) in [6.45, 7) is 2.12. The van der Waals surface area contributed by atoms with E-state index in [0.29, 0.717) is 6.61 Å². The van der Waals surface area contributed by atoms with E-state index in [1.807, 2.05) is 0 Å². The van der Waals surface area contributed by atoms with E-state index >= 15 is 0 Å². The first-order chi connectivity index (χ1) is 7.56. The van der Waals surface area contributed by atoms with Gasteiger partial charge in [0.2, 0.25) is 0 Å². The van der Waals surface area contributed by atoms with Gasteiger partial charge in [-0.3, -0.25) is 4.79 Å². The Balaban J connectivity index is 2.73. The van der Waals surface area contributed by atoms with Crippen molar-refractivity contribution in [1.82, 2.24) is 0 Å². The van der Waals surface area contributed by atoms with Crippen LogP contribution in [0.25, 0.3) is 0 Å². The average Bonchev–Trinajstić information content (AvgIpc) is 2.28. The molecule has 0 bridgehead atoms. The first-order valence-electron chi connectivity index (χ1n) is 4.80. The molecule has 2 atom stereocenters. The van der Waals surface area contributed by atoms with E-state index in [1.165, 1.54) is 0 Å². The third kappa shape index (κ3) is 3.49. The number of hydrogen-bond donors (Lipinski definition) is 1. The van der Waals surface area contributed by atoms with Crippen LogP contribution < -0.4 is 0 Å². The summed E-state index contributed by atoms with van der Waals surface area (Å²) in [4.78, 5) is 10.8. The van der Waals surface area contributed by atoms with Crippen LogP contribution in [0.3, 0.4) is 0 Å². The molecule has 3 nitrogen and oxygen atoms in total. The summed E-state index contributed by atoms with van der Waals surface area (Å²) in [5, 5.41) is 9.15. The number of carbonyl (C=O) groups is 1. The van der Waals surface area contributed by atoms with Gasteiger partial charge < -0.3 is 9.84 Å². The van der Waals surface area contributed by atoms with Gasteiger partial charge in [0.05, 0.1) is 11.4 Å². The first-order valence-corrected chi connectivity index (χ1v) is 6.63. The third-order valence-electron chi connectivity index (χ3n) is 1.98. The van der Waals surface area contributed by atoms with E-state index in [4.69, 9.17) is 9.84 Å². The summed E-state index contributed by atoms with van der Waals surface area (Å²) in [6, 6.07) is 6.66. The van der Waals surface area contributed by atoms with Crippen LogP contribution in [0, 0.1) is 0 Å². The predicted molar refractivity (Wildman–Crippen MR) is 69.1 cm³/mol. The number of alkyl halides is 2. The highest BCUT2D eigenvalue weighted by atomic mass is 79.9. The van der Waals surface area contributed by atoms with Crippen molar-refractivity contribution in [3.63, 3.8) is 0 Å². The SMILES string of the molecule is CCOC(=O)C(Br)C(Br)c1ccc(O)cc1. The van der Waals surface area contributed by atoms with Crippen molar-refractivity contribution in [2.24, 2.45) is 0 Å². The number of ether oxygens (including phenoxy) is 1. The Morgan fingerprint density at radius 3 is 2.44 bits per heavy atom. The zero-order valence-corrected chi connectivity index (χ0v) is 11.9. The fraction of sp³-hybridized carbons (Fsp3) is 0.364. The van der Waals surface area contributed by atoms with Crippen LogP contribution in [-0.4, -0.2) is 22.5 Å². The van der Waals surface area contributed by atoms with E-state index in [0.717, 1.165) is 5.56 Å². The van der Waals surface area contributed by atoms with Crippen LogP contribution in [0.15, 0.2) is 24.3 Å². The Morgan fingerprint density at radius 2 is 1.94 bits per heavy atom. The quantitative estimate of drug-likeness (QED) is 0.669. The highest BCUT2D eigenvalue weighted by Gasteiger charge is 2.26. The molecule has 16 heavy (non-hydrogen) atoms. The number of benzene rings is 1. The summed E-state index contributed by atoms with van der Waals surface area (Å²) in [7, 11) is 0. The highest BCUT2D eigenvalue weighted by molar-refractivity contribution is 9.12. The molecular formula is C11H12Br2O3. The minimum Gasteiger partial charge on any atom is -0.508 e. The van der Waals surface area contributed by atoms with Crippen molar-refractivity contribution < 1.29 is 14.6 Å². The van der Waals surface area contributed by atoms with Gasteiger partial charge in [0.25, 0.3) is 0 Å². The zero-order chi connectivity index (χ0) is 12.1. The number of esters is 1. The van der Waals surface area contributed by atoms with Gasteiger partial charge in [-0.05, 0) is 24.6 Å². The fourth-order valence-electron chi connectivity index (χ4n) is 1.17. The van der Waals surface area contributed by atoms with Crippen LogP contribution in [0.5, 0.6) is 5.75 Å². The first kappa shape index (κ1) is 13.5. The lowest BCUT2D eigenvalue weighted by molar-refractivity contribution is -0.142. The normalized spacial score (nSPS) is 14.2. The number of halogens is 2. The smallest absolute Gasteiger partial charge is 0.321 e. The Hall–Kier alpha value is -0.550. The van der Waals surface area contributed by atoms with Gasteiger partial charge in [-0.25, -0.2) is 0 Å². The van der Waals surface area contributed by atoms with Crippen molar-refractivity contribution in [2.75, 3.05) is 6.61 Å². The maximum Gasteiger partial charge on any atom is 0.321 e. The number of phenols is 1. The maximum atomic E-state index is 11.5. The van der Waals surface area contributed by atoms with Crippen molar-refractivity contribution in [3.05, 3.63) is 29.8 Å². The second-order valence-electron chi connectivity index (χ2n) is 3.15. The molecule has 5 heteroatoms. The fourth-order valence-corrected chi connectivity index (χ4v) is 2.13. The number of aromatic hydroxyl groups is 1.